The lowest BCUT2D eigenvalue weighted by Gasteiger charge is -2.49. The second kappa shape index (κ2) is 9.03. The Kier molecular flexibility index (Phi) is 5.90. The number of β-lactam (4-membered cyclic amide) rings is 1. The Morgan fingerprint density at radius 1 is 1.46 bits per heavy atom. The Morgan fingerprint density at radius 2 is 2.29 bits per heavy atom. The van der Waals surface area contributed by atoms with Crippen molar-refractivity contribution in [3.63, 3.8) is 0 Å². The van der Waals surface area contributed by atoms with Gasteiger partial charge in [0.1, 0.15) is 36.2 Å². The van der Waals surface area contributed by atoms with E-state index in [1.165, 1.54) is 23.8 Å². The van der Waals surface area contributed by atoms with Crippen LogP contribution in [0.15, 0.2) is 56.9 Å². The molecule has 2 aliphatic rings. The van der Waals surface area contributed by atoms with Crippen LogP contribution in [0.5, 0.6) is 0 Å². The molecule has 4 N–H and O–H groups in total. The number of amides is 2. The van der Waals surface area contributed by atoms with Gasteiger partial charge >= 0.3 is 5.97 Å². The summed E-state index contributed by atoms with van der Waals surface area (Å²) in [6.07, 6.45) is 3.02. The maximum absolute atomic E-state index is 13.0. The molecule has 0 spiro atoms. The first-order chi connectivity index (χ1) is 16.9. The van der Waals surface area contributed by atoms with Crippen molar-refractivity contribution in [1.82, 2.24) is 15.2 Å². The number of nitrogen functional groups attached to an aromatic ring is 1. The van der Waals surface area contributed by atoms with E-state index < -0.39 is 29.2 Å². The maximum Gasteiger partial charge on any atom is 0.352 e. The molecule has 2 aliphatic heterocycles. The first-order valence-electron chi connectivity index (χ1n) is 10.3. The molecule has 0 aliphatic carbocycles. The largest absolute Gasteiger partial charge is 0.477 e. The number of thiophene rings is 1. The van der Waals surface area contributed by atoms with Gasteiger partial charge in [0.25, 0.3) is 22.7 Å². The number of hydrogen-bond donors (Lipinski definition) is 3. The van der Waals surface area contributed by atoms with Crippen molar-refractivity contribution in [2.75, 3.05) is 18.6 Å². The number of nitrogens with one attached hydrogen (secondary N) is 1. The van der Waals surface area contributed by atoms with E-state index in [4.69, 9.17) is 15.0 Å². The fraction of sp³-hybridized carbons (Fsp3) is 0.238. The topological polar surface area (TPSA) is 164 Å². The highest BCUT2D eigenvalue weighted by atomic mass is 32.2. The number of fused-ring (bicyclic) bond motifs is 2. The van der Waals surface area contributed by atoms with E-state index in [1.54, 1.807) is 11.3 Å². The third-order valence-corrected chi connectivity index (χ3v) is 7.84. The summed E-state index contributed by atoms with van der Waals surface area (Å²) in [4.78, 5) is 48.8. The maximum atomic E-state index is 13.0. The van der Waals surface area contributed by atoms with Crippen LogP contribution in [-0.4, -0.2) is 62.8 Å². The van der Waals surface area contributed by atoms with Crippen molar-refractivity contribution in [3.8, 4) is 0 Å². The van der Waals surface area contributed by atoms with Crippen molar-refractivity contribution >= 4 is 62.8 Å². The van der Waals surface area contributed by atoms with Crippen molar-refractivity contribution in [2.45, 2.75) is 18.0 Å². The van der Waals surface area contributed by atoms with Crippen molar-refractivity contribution in [2.24, 2.45) is 5.16 Å². The van der Waals surface area contributed by atoms with Gasteiger partial charge in [-0.2, -0.15) is 9.55 Å². The average molecular weight is 516 g/mol. The van der Waals surface area contributed by atoms with E-state index in [-0.39, 0.29) is 23.1 Å². The van der Waals surface area contributed by atoms with Gasteiger partial charge in [0.15, 0.2) is 18.5 Å². The second-order valence-corrected chi connectivity index (χ2v) is 9.63. The summed E-state index contributed by atoms with van der Waals surface area (Å²) in [5, 5.41) is 18.7. The molecule has 14 heteroatoms. The molecule has 0 bridgehead atoms. The molecule has 2 amide bonds. The zero-order valence-corrected chi connectivity index (χ0v) is 19.8. The van der Waals surface area contributed by atoms with Gasteiger partial charge in [-0.1, -0.05) is 16.5 Å². The van der Waals surface area contributed by atoms with Gasteiger partial charge < -0.3 is 25.4 Å². The van der Waals surface area contributed by atoms with Crippen LogP contribution < -0.4 is 15.6 Å². The lowest BCUT2D eigenvalue weighted by molar-refractivity contribution is -0.661. The van der Waals surface area contributed by atoms with Crippen LogP contribution in [0.1, 0.15) is 5.69 Å². The molecule has 1 fully saturated rings. The number of carboxylic acids is 1. The molecule has 5 rings (SSSR count). The first kappa shape index (κ1) is 22.9. The van der Waals surface area contributed by atoms with E-state index in [0.29, 0.717) is 17.9 Å². The van der Waals surface area contributed by atoms with Gasteiger partial charge in [0, 0.05) is 17.4 Å². The number of nitrogens with zero attached hydrogens (tertiary/aromatic N) is 4. The summed E-state index contributed by atoms with van der Waals surface area (Å²) in [6, 6.07) is 4.78. The highest BCUT2D eigenvalue weighted by Crippen LogP contribution is 2.40. The van der Waals surface area contributed by atoms with Gasteiger partial charge in [-0.25, -0.2) is 4.79 Å². The fourth-order valence-electron chi connectivity index (χ4n) is 4.03. The van der Waals surface area contributed by atoms with Gasteiger partial charge in [-0.3, -0.25) is 14.5 Å². The quantitative estimate of drug-likeness (QED) is 0.176. The van der Waals surface area contributed by atoms with E-state index in [9.17, 15) is 19.5 Å². The molecule has 0 radical (unpaired) electrons. The van der Waals surface area contributed by atoms with Gasteiger partial charge in [0.2, 0.25) is 0 Å². The van der Waals surface area contributed by atoms with Gasteiger partial charge in [0.05, 0.1) is 5.39 Å². The third-order valence-electron chi connectivity index (χ3n) is 5.54. The van der Waals surface area contributed by atoms with Crippen LogP contribution >= 0.6 is 23.1 Å². The molecule has 12 nitrogen and oxygen atoms in total. The molecule has 1 unspecified atom stereocenters. The van der Waals surface area contributed by atoms with Gasteiger partial charge in [-0.05, 0) is 17.5 Å². The summed E-state index contributed by atoms with van der Waals surface area (Å²) in [6.45, 7) is 0.332. The standard InChI is InChI=1S/C21H18N6O6S2/c1-32-25-13(12-8-33-21(22)23-12)16(28)24-14-17(29)27-15(20(30)31)11(9-35-19(14)27)7-26-5-2-3-10-4-6-34-18(10)26/h2-6,8,14,19H,7,9H2,1H3,(H3-,22,23,24,28,30,31)/p+1/b25-13-/t14?,19-/m1/s1. The van der Waals surface area contributed by atoms with Crippen molar-refractivity contribution in [3.05, 3.63) is 53.0 Å². The van der Waals surface area contributed by atoms with E-state index in [0.717, 1.165) is 16.5 Å². The molecule has 2 atom stereocenters. The van der Waals surface area contributed by atoms with Crippen LogP contribution in [-0.2, 0) is 25.8 Å². The number of anilines is 1. The number of carbonyl (C=O) groups is 3. The summed E-state index contributed by atoms with van der Waals surface area (Å²) in [5.74, 6) is -2.07. The SMILES string of the molecule is CO/N=C(\C(=O)NC1C(=O)N2C(C(=O)O)=C(C[n+]3cccc4ccsc43)CS[C@H]12)c1coc(N)n1. The molecular formula is C21H19N6O6S2+. The van der Waals surface area contributed by atoms with Crippen LogP contribution in [0.4, 0.5) is 6.01 Å². The minimum absolute atomic E-state index is 0.0370. The number of thioether (sulfide) groups is 1. The predicted octanol–water partition coefficient (Wildman–Crippen LogP) is 0.548. The molecule has 3 aromatic rings. The lowest BCUT2D eigenvalue weighted by Crippen LogP contribution is -2.71. The van der Waals surface area contributed by atoms with Crippen LogP contribution in [0.2, 0.25) is 0 Å². The van der Waals surface area contributed by atoms with E-state index >= 15 is 0 Å². The molecule has 0 aromatic carbocycles. The fourth-order valence-corrected chi connectivity index (χ4v) is 6.24. The summed E-state index contributed by atoms with van der Waals surface area (Å²) >= 11 is 2.94. The molecule has 180 valence electrons. The molecule has 3 aromatic heterocycles. The number of carbonyl (C=O) groups excluding carboxylic acids is 2. The Hall–Kier alpha value is -3.91. The number of aromatic nitrogens is 2. The molecule has 35 heavy (non-hydrogen) atoms. The molecule has 0 saturated carbocycles. The van der Waals surface area contributed by atoms with E-state index in [1.807, 2.05) is 34.3 Å². The normalized spacial score (nSPS) is 20.0. The highest BCUT2D eigenvalue weighted by molar-refractivity contribution is 8.00. The minimum Gasteiger partial charge on any atom is -0.477 e. The first-order valence-corrected chi connectivity index (χ1v) is 12.2. The van der Waals surface area contributed by atoms with Crippen molar-refractivity contribution < 1.29 is 33.3 Å². The number of pyridine rings is 1. The molecular weight excluding hydrogens is 496 g/mol. The average Bonchev–Trinajstić information content (AvgIpc) is 3.49. The molecule has 1 saturated heterocycles. The number of rotatable bonds is 7. The number of aliphatic carboxylic acids is 1. The van der Waals surface area contributed by atoms with Crippen LogP contribution in [0.25, 0.3) is 10.2 Å². The minimum atomic E-state index is -1.19. The monoisotopic (exact) mass is 515 g/mol. The summed E-state index contributed by atoms with van der Waals surface area (Å²) in [7, 11) is 1.25. The molecule has 5 heterocycles. The summed E-state index contributed by atoms with van der Waals surface area (Å²) in [5.41, 5.74) is 5.83. The zero-order valence-electron chi connectivity index (χ0n) is 18.2. The van der Waals surface area contributed by atoms with Gasteiger partial charge in [-0.15, -0.1) is 11.8 Å². The number of hydrogen-bond acceptors (Lipinski definition) is 10. The Labute approximate surface area is 206 Å². The smallest absolute Gasteiger partial charge is 0.352 e. The number of nitrogens with two attached hydrogens (primary N) is 1. The zero-order chi connectivity index (χ0) is 24.7. The second-order valence-electron chi connectivity index (χ2n) is 7.63. The Bertz CT molecular complexity index is 1410. The Morgan fingerprint density at radius 3 is 3.00 bits per heavy atom. The predicted molar refractivity (Wildman–Crippen MR) is 126 cm³/mol. The number of oxime groups is 1. The number of carboxylic acid groups (broad SMARTS) is 1. The lowest BCUT2D eigenvalue weighted by atomic mass is 10.0. The Balaban J connectivity index is 1.38. The van der Waals surface area contributed by atoms with Crippen LogP contribution in [0, 0.1) is 0 Å². The highest BCUT2D eigenvalue weighted by Gasteiger charge is 2.54. The number of oxazole rings is 1. The van der Waals surface area contributed by atoms with E-state index in [2.05, 4.69) is 15.5 Å². The van der Waals surface area contributed by atoms with Crippen LogP contribution in [0.3, 0.4) is 0 Å². The summed E-state index contributed by atoms with van der Waals surface area (Å²) < 4.78 is 6.89. The van der Waals surface area contributed by atoms with Crippen molar-refractivity contribution in [1.29, 1.82) is 0 Å². The third kappa shape index (κ3) is 4.00.